The maximum atomic E-state index is 13.5. The standard InChI is InChI=1S/C21H23ClFN3O5S/c22-14-2-1-13(9-15(14)23)30-11-18(29)26-21-5-3-20(4-6-21,10-16(21)27)25-17(28)12-31-19-24-7-8-32-19/h1-2,7-9,16,27H,3-6,10-12H2,(H,25,28)(H,26,29). The number of aromatic nitrogens is 1. The molecular weight excluding hydrogens is 461 g/mol. The fraction of sp³-hybridized carbons (Fsp3) is 0.476. The molecule has 11 heteroatoms. The topological polar surface area (TPSA) is 110 Å². The molecule has 3 aliphatic carbocycles. The Labute approximate surface area is 193 Å². The molecule has 0 spiro atoms. The van der Waals surface area contributed by atoms with Crippen LogP contribution in [0.1, 0.15) is 32.1 Å². The summed E-state index contributed by atoms with van der Waals surface area (Å²) in [7, 11) is 0. The summed E-state index contributed by atoms with van der Waals surface area (Å²) >= 11 is 6.94. The number of ether oxygens (including phenoxy) is 2. The minimum atomic E-state index is -0.817. The lowest BCUT2D eigenvalue weighted by atomic mass is 9.60. The summed E-state index contributed by atoms with van der Waals surface area (Å²) in [5, 5.41) is 18.9. The summed E-state index contributed by atoms with van der Waals surface area (Å²) in [5.41, 5.74) is -1.29. The van der Waals surface area contributed by atoms with Crippen molar-refractivity contribution in [1.29, 1.82) is 0 Å². The quantitative estimate of drug-likeness (QED) is 0.532. The van der Waals surface area contributed by atoms with Gasteiger partial charge in [-0.3, -0.25) is 9.59 Å². The van der Waals surface area contributed by atoms with E-state index < -0.39 is 28.9 Å². The molecule has 2 amide bonds. The molecule has 0 aliphatic heterocycles. The fourth-order valence-electron chi connectivity index (χ4n) is 4.43. The lowest BCUT2D eigenvalue weighted by molar-refractivity contribution is -0.137. The molecule has 5 rings (SSSR count). The number of benzene rings is 1. The summed E-state index contributed by atoms with van der Waals surface area (Å²) in [5.74, 6) is -1.12. The van der Waals surface area contributed by atoms with Gasteiger partial charge in [-0.25, -0.2) is 9.37 Å². The predicted molar refractivity (Wildman–Crippen MR) is 115 cm³/mol. The van der Waals surface area contributed by atoms with E-state index in [4.69, 9.17) is 21.1 Å². The Bertz CT molecular complexity index is 982. The molecule has 0 radical (unpaired) electrons. The number of carbonyl (C=O) groups is 2. The van der Waals surface area contributed by atoms with E-state index in [1.54, 1.807) is 11.6 Å². The molecule has 8 nitrogen and oxygen atoms in total. The van der Waals surface area contributed by atoms with Gasteiger partial charge in [0.25, 0.3) is 17.0 Å². The Hall–Kier alpha value is -2.43. The highest BCUT2D eigenvalue weighted by atomic mass is 35.5. The molecule has 1 heterocycles. The number of carbonyl (C=O) groups excluding carboxylic acids is 2. The van der Waals surface area contributed by atoms with Crippen LogP contribution in [0.15, 0.2) is 29.8 Å². The summed E-state index contributed by atoms with van der Waals surface area (Å²) in [4.78, 5) is 28.8. The van der Waals surface area contributed by atoms with E-state index in [2.05, 4.69) is 15.6 Å². The first-order valence-electron chi connectivity index (χ1n) is 10.2. The zero-order chi connectivity index (χ0) is 22.8. The molecule has 3 aliphatic rings. The van der Waals surface area contributed by atoms with Crippen molar-refractivity contribution in [2.24, 2.45) is 0 Å². The first kappa shape index (κ1) is 22.8. The van der Waals surface area contributed by atoms with E-state index in [0.717, 1.165) is 6.07 Å². The van der Waals surface area contributed by atoms with Gasteiger partial charge in [0.15, 0.2) is 13.2 Å². The number of halogens is 2. The van der Waals surface area contributed by atoms with Crippen LogP contribution in [0.3, 0.4) is 0 Å². The van der Waals surface area contributed by atoms with Gasteiger partial charge in [-0.1, -0.05) is 22.9 Å². The summed E-state index contributed by atoms with van der Waals surface area (Å²) < 4.78 is 24.2. The van der Waals surface area contributed by atoms with Crippen LogP contribution < -0.4 is 20.1 Å². The first-order chi connectivity index (χ1) is 15.3. The van der Waals surface area contributed by atoms with Gasteiger partial charge in [-0.2, -0.15) is 0 Å². The average Bonchev–Trinajstić information content (AvgIpc) is 3.28. The Morgan fingerprint density at radius 3 is 2.56 bits per heavy atom. The molecule has 2 bridgehead atoms. The lowest BCUT2D eigenvalue weighted by Crippen LogP contribution is -2.70. The third-order valence-electron chi connectivity index (χ3n) is 6.11. The third kappa shape index (κ3) is 4.97. The Kier molecular flexibility index (Phi) is 6.55. The van der Waals surface area contributed by atoms with Crippen molar-refractivity contribution >= 4 is 34.8 Å². The molecule has 1 atom stereocenters. The van der Waals surface area contributed by atoms with Crippen LogP contribution in [0.4, 0.5) is 4.39 Å². The van der Waals surface area contributed by atoms with E-state index in [1.807, 2.05) is 0 Å². The molecule has 1 unspecified atom stereocenters. The van der Waals surface area contributed by atoms with Crippen LogP contribution in [-0.4, -0.2) is 52.3 Å². The van der Waals surface area contributed by atoms with Crippen molar-refractivity contribution in [2.75, 3.05) is 13.2 Å². The zero-order valence-electron chi connectivity index (χ0n) is 17.1. The van der Waals surface area contributed by atoms with Crippen molar-refractivity contribution in [3.8, 4) is 10.9 Å². The van der Waals surface area contributed by atoms with E-state index in [9.17, 15) is 19.1 Å². The third-order valence-corrected chi connectivity index (χ3v) is 7.10. The molecule has 32 heavy (non-hydrogen) atoms. The molecule has 3 fully saturated rings. The monoisotopic (exact) mass is 483 g/mol. The minimum Gasteiger partial charge on any atom is -0.484 e. The molecule has 172 valence electrons. The number of nitrogens with one attached hydrogen (secondary N) is 2. The van der Waals surface area contributed by atoms with Gasteiger partial charge in [-0.05, 0) is 44.2 Å². The van der Waals surface area contributed by atoms with Gasteiger partial charge < -0.3 is 25.2 Å². The molecule has 3 saturated carbocycles. The van der Waals surface area contributed by atoms with E-state index in [-0.39, 0.29) is 29.9 Å². The highest BCUT2D eigenvalue weighted by Crippen LogP contribution is 2.47. The van der Waals surface area contributed by atoms with Crippen molar-refractivity contribution in [1.82, 2.24) is 15.6 Å². The predicted octanol–water partition coefficient (Wildman–Crippen LogP) is 2.44. The van der Waals surface area contributed by atoms with Crippen molar-refractivity contribution in [3.63, 3.8) is 0 Å². The van der Waals surface area contributed by atoms with Crippen molar-refractivity contribution in [3.05, 3.63) is 40.6 Å². The van der Waals surface area contributed by atoms with Gasteiger partial charge in [0.2, 0.25) is 0 Å². The number of nitrogens with zero attached hydrogens (tertiary/aromatic N) is 1. The minimum absolute atomic E-state index is 0.0291. The van der Waals surface area contributed by atoms with E-state index in [1.165, 1.54) is 23.5 Å². The summed E-state index contributed by atoms with van der Waals surface area (Å²) in [6, 6.07) is 3.94. The maximum Gasteiger partial charge on any atom is 0.273 e. The second kappa shape index (κ2) is 9.21. The molecule has 3 N–H and O–H groups in total. The molecule has 1 aromatic heterocycles. The second-order valence-corrected chi connectivity index (χ2v) is 9.47. The van der Waals surface area contributed by atoms with Gasteiger partial charge >= 0.3 is 0 Å². The zero-order valence-corrected chi connectivity index (χ0v) is 18.7. The SMILES string of the molecule is O=C(COc1nccs1)NC12CCC(NC(=O)COc3ccc(Cl)c(F)c3)(CC1)C(O)C2. The van der Waals surface area contributed by atoms with Crippen molar-refractivity contribution < 1.29 is 28.6 Å². The van der Waals surface area contributed by atoms with E-state index >= 15 is 0 Å². The highest BCUT2D eigenvalue weighted by molar-refractivity contribution is 7.11. The normalized spacial score (nSPS) is 26.4. The largest absolute Gasteiger partial charge is 0.484 e. The molecular formula is C21H23ClFN3O5S. The highest BCUT2D eigenvalue weighted by Gasteiger charge is 2.55. The van der Waals surface area contributed by atoms with Crippen LogP contribution in [0.2, 0.25) is 5.02 Å². The average molecular weight is 484 g/mol. The van der Waals surface area contributed by atoms with Crippen LogP contribution >= 0.6 is 22.9 Å². The number of hydrogen-bond donors (Lipinski definition) is 3. The lowest BCUT2D eigenvalue weighted by Gasteiger charge is -2.56. The number of amides is 2. The smallest absolute Gasteiger partial charge is 0.273 e. The Morgan fingerprint density at radius 1 is 1.19 bits per heavy atom. The number of fused-ring (bicyclic) bond motifs is 3. The van der Waals surface area contributed by atoms with E-state index in [0.29, 0.717) is 37.3 Å². The Morgan fingerprint density at radius 2 is 1.91 bits per heavy atom. The van der Waals surface area contributed by atoms with Crippen LogP contribution in [0, 0.1) is 5.82 Å². The molecule has 0 saturated heterocycles. The van der Waals surface area contributed by atoms with Gasteiger partial charge in [0.1, 0.15) is 11.6 Å². The second-order valence-electron chi connectivity index (χ2n) is 8.20. The van der Waals surface area contributed by atoms with Gasteiger partial charge in [0.05, 0.1) is 16.7 Å². The van der Waals surface area contributed by atoms with Gasteiger partial charge in [-0.15, -0.1) is 0 Å². The number of aliphatic hydroxyl groups excluding tert-OH is 1. The summed E-state index contributed by atoms with van der Waals surface area (Å²) in [6.45, 7) is -0.457. The fourth-order valence-corrected chi connectivity index (χ4v) is 5.04. The Balaban J connectivity index is 1.28. The van der Waals surface area contributed by atoms with Crippen molar-refractivity contribution in [2.45, 2.75) is 49.3 Å². The number of rotatable bonds is 8. The van der Waals surface area contributed by atoms with Crippen LogP contribution in [0.25, 0.3) is 0 Å². The molecule has 1 aromatic carbocycles. The first-order valence-corrected chi connectivity index (χ1v) is 11.5. The molecule has 2 aromatic rings. The van der Waals surface area contributed by atoms with Gasteiger partial charge in [0, 0.05) is 23.2 Å². The number of hydrogen-bond acceptors (Lipinski definition) is 7. The maximum absolute atomic E-state index is 13.5. The number of aliphatic hydroxyl groups is 1. The summed E-state index contributed by atoms with van der Waals surface area (Å²) in [6.07, 6.45) is 3.39. The number of thiazole rings is 1. The van der Waals surface area contributed by atoms with Crippen LogP contribution in [-0.2, 0) is 9.59 Å². The van der Waals surface area contributed by atoms with Crippen LogP contribution in [0.5, 0.6) is 10.9 Å².